The second kappa shape index (κ2) is 6.42. The smallest absolute Gasteiger partial charge is 0.124 e. The topological polar surface area (TPSA) is 21.3 Å². The van der Waals surface area contributed by atoms with E-state index in [1.807, 2.05) is 18.2 Å². The van der Waals surface area contributed by atoms with Gasteiger partial charge in [0.1, 0.15) is 5.75 Å². The van der Waals surface area contributed by atoms with Crippen molar-refractivity contribution < 1.29 is 4.74 Å². The summed E-state index contributed by atoms with van der Waals surface area (Å²) < 4.78 is 5.46. The number of hydrogen-bond acceptors (Lipinski definition) is 3. The number of halogens is 1. The van der Waals surface area contributed by atoms with Crippen LogP contribution in [0, 0.1) is 6.92 Å². The number of ether oxygens (including phenoxy) is 1. The van der Waals surface area contributed by atoms with Gasteiger partial charge in [0.25, 0.3) is 0 Å². The lowest BCUT2D eigenvalue weighted by atomic mass is 10.0. The third kappa shape index (κ3) is 3.30. The van der Waals surface area contributed by atoms with Gasteiger partial charge in [-0.25, -0.2) is 0 Å². The standard InChI is InChI=1S/C15H18ClNOS/c1-4-17-15(14-8-5-10(2)19-14)12-9-11(16)6-7-13(12)18-3/h5-9,15,17H,4H2,1-3H3. The van der Waals surface area contributed by atoms with Crippen LogP contribution in [0.3, 0.4) is 0 Å². The zero-order valence-corrected chi connectivity index (χ0v) is 12.9. The van der Waals surface area contributed by atoms with Crippen molar-refractivity contribution in [2.45, 2.75) is 19.9 Å². The molecule has 0 aliphatic carbocycles. The summed E-state index contributed by atoms with van der Waals surface area (Å²) in [5.74, 6) is 0.862. The first kappa shape index (κ1) is 14.4. The molecule has 1 aromatic carbocycles. The van der Waals surface area contributed by atoms with Gasteiger partial charge in [0.2, 0.25) is 0 Å². The SMILES string of the molecule is CCNC(c1ccc(C)s1)c1cc(Cl)ccc1OC. The van der Waals surface area contributed by atoms with Crippen LogP contribution in [0.15, 0.2) is 30.3 Å². The van der Waals surface area contributed by atoms with Crippen LogP contribution in [0.4, 0.5) is 0 Å². The maximum Gasteiger partial charge on any atom is 0.124 e. The molecule has 0 amide bonds. The van der Waals surface area contributed by atoms with Crippen molar-refractivity contribution in [1.82, 2.24) is 5.32 Å². The first-order chi connectivity index (χ1) is 9.15. The predicted molar refractivity (Wildman–Crippen MR) is 82.6 cm³/mol. The molecule has 1 atom stereocenters. The van der Waals surface area contributed by atoms with Gasteiger partial charge in [-0.15, -0.1) is 11.3 Å². The van der Waals surface area contributed by atoms with Gasteiger partial charge in [0.05, 0.1) is 13.2 Å². The van der Waals surface area contributed by atoms with Gasteiger partial charge in [0, 0.05) is 20.3 Å². The van der Waals surface area contributed by atoms with Gasteiger partial charge in [-0.05, 0) is 43.8 Å². The van der Waals surface area contributed by atoms with Crippen molar-refractivity contribution in [1.29, 1.82) is 0 Å². The van der Waals surface area contributed by atoms with Crippen molar-refractivity contribution in [3.63, 3.8) is 0 Å². The summed E-state index contributed by atoms with van der Waals surface area (Å²) >= 11 is 7.93. The minimum Gasteiger partial charge on any atom is -0.496 e. The molecule has 0 aliphatic rings. The monoisotopic (exact) mass is 295 g/mol. The van der Waals surface area contributed by atoms with Crippen molar-refractivity contribution in [2.75, 3.05) is 13.7 Å². The fraction of sp³-hybridized carbons (Fsp3) is 0.333. The van der Waals surface area contributed by atoms with Gasteiger partial charge < -0.3 is 10.1 Å². The van der Waals surface area contributed by atoms with E-state index in [0.717, 1.165) is 22.9 Å². The van der Waals surface area contributed by atoms with E-state index in [0.29, 0.717) is 0 Å². The third-order valence-corrected chi connectivity index (χ3v) is 4.26. The largest absolute Gasteiger partial charge is 0.496 e. The van der Waals surface area contributed by atoms with E-state index in [1.165, 1.54) is 9.75 Å². The summed E-state index contributed by atoms with van der Waals surface area (Å²) in [6.45, 7) is 5.11. The Morgan fingerprint density at radius 2 is 2.11 bits per heavy atom. The Morgan fingerprint density at radius 1 is 1.32 bits per heavy atom. The third-order valence-electron chi connectivity index (χ3n) is 2.96. The molecule has 19 heavy (non-hydrogen) atoms. The molecule has 102 valence electrons. The predicted octanol–water partition coefficient (Wildman–Crippen LogP) is 4.42. The maximum atomic E-state index is 6.13. The summed E-state index contributed by atoms with van der Waals surface area (Å²) in [7, 11) is 1.69. The molecule has 1 aromatic heterocycles. The Morgan fingerprint density at radius 3 is 2.68 bits per heavy atom. The lowest BCUT2D eigenvalue weighted by Gasteiger charge is -2.20. The number of thiophene rings is 1. The molecule has 0 saturated carbocycles. The average molecular weight is 296 g/mol. The fourth-order valence-corrected chi connectivity index (χ4v) is 3.26. The Balaban J connectivity index is 2.46. The highest BCUT2D eigenvalue weighted by Crippen LogP contribution is 2.35. The summed E-state index contributed by atoms with van der Waals surface area (Å²) in [6, 6.07) is 10.2. The molecule has 0 fully saturated rings. The number of nitrogens with one attached hydrogen (secondary N) is 1. The Kier molecular flexibility index (Phi) is 4.86. The summed E-state index contributed by atoms with van der Waals surface area (Å²) in [4.78, 5) is 2.58. The molecule has 4 heteroatoms. The van der Waals surface area contributed by atoms with Crippen LogP contribution in [-0.2, 0) is 0 Å². The van der Waals surface area contributed by atoms with E-state index in [4.69, 9.17) is 16.3 Å². The van der Waals surface area contributed by atoms with Crippen molar-refractivity contribution in [2.24, 2.45) is 0 Å². The molecule has 0 spiro atoms. The molecular weight excluding hydrogens is 278 g/mol. The van der Waals surface area contributed by atoms with Crippen molar-refractivity contribution in [3.05, 3.63) is 50.7 Å². The van der Waals surface area contributed by atoms with E-state index in [9.17, 15) is 0 Å². The lowest BCUT2D eigenvalue weighted by molar-refractivity contribution is 0.404. The molecule has 2 nitrogen and oxygen atoms in total. The molecule has 2 rings (SSSR count). The molecule has 0 saturated heterocycles. The molecule has 1 unspecified atom stereocenters. The van der Waals surface area contributed by atoms with E-state index < -0.39 is 0 Å². The molecule has 0 bridgehead atoms. The number of methoxy groups -OCH3 is 1. The minimum atomic E-state index is 0.123. The Bertz CT molecular complexity index is 553. The van der Waals surface area contributed by atoms with Crippen LogP contribution in [0.5, 0.6) is 5.75 Å². The summed E-state index contributed by atoms with van der Waals surface area (Å²) in [5.41, 5.74) is 1.08. The first-order valence-corrected chi connectivity index (χ1v) is 7.48. The van der Waals surface area contributed by atoms with Crippen LogP contribution in [0.1, 0.15) is 28.3 Å². The fourth-order valence-electron chi connectivity index (χ4n) is 2.11. The lowest BCUT2D eigenvalue weighted by Crippen LogP contribution is -2.21. The van der Waals surface area contributed by atoms with Crippen LogP contribution >= 0.6 is 22.9 Å². The zero-order valence-electron chi connectivity index (χ0n) is 11.4. The molecular formula is C15H18ClNOS. The zero-order chi connectivity index (χ0) is 13.8. The first-order valence-electron chi connectivity index (χ1n) is 6.29. The van der Waals surface area contributed by atoms with Gasteiger partial charge in [0.15, 0.2) is 0 Å². The van der Waals surface area contributed by atoms with E-state index in [2.05, 4.69) is 31.3 Å². The number of hydrogen-bond donors (Lipinski definition) is 1. The molecule has 1 heterocycles. The van der Waals surface area contributed by atoms with Crippen LogP contribution in [0.25, 0.3) is 0 Å². The Labute approximate surface area is 123 Å². The quantitative estimate of drug-likeness (QED) is 0.882. The summed E-state index contributed by atoms with van der Waals surface area (Å²) in [5, 5.41) is 4.23. The normalized spacial score (nSPS) is 12.4. The Hall–Kier alpha value is -1.03. The van der Waals surface area contributed by atoms with Gasteiger partial charge >= 0.3 is 0 Å². The van der Waals surface area contributed by atoms with E-state index in [-0.39, 0.29) is 6.04 Å². The van der Waals surface area contributed by atoms with Crippen LogP contribution in [-0.4, -0.2) is 13.7 Å². The highest BCUT2D eigenvalue weighted by Gasteiger charge is 2.19. The van der Waals surface area contributed by atoms with Crippen molar-refractivity contribution in [3.8, 4) is 5.75 Å². The summed E-state index contributed by atoms with van der Waals surface area (Å²) in [6.07, 6.45) is 0. The second-order valence-corrected chi connectivity index (χ2v) is 6.08. The van der Waals surface area contributed by atoms with Gasteiger partial charge in [-0.2, -0.15) is 0 Å². The molecule has 0 radical (unpaired) electrons. The number of benzene rings is 1. The van der Waals surface area contributed by atoms with Gasteiger partial charge in [-0.1, -0.05) is 18.5 Å². The van der Waals surface area contributed by atoms with Crippen molar-refractivity contribution >= 4 is 22.9 Å². The molecule has 2 aromatic rings. The highest BCUT2D eigenvalue weighted by molar-refractivity contribution is 7.12. The average Bonchev–Trinajstić information content (AvgIpc) is 2.82. The van der Waals surface area contributed by atoms with Crippen LogP contribution < -0.4 is 10.1 Å². The second-order valence-electron chi connectivity index (χ2n) is 4.33. The maximum absolute atomic E-state index is 6.13. The number of rotatable bonds is 5. The molecule has 0 aliphatic heterocycles. The van der Waals surface area contributed by atoms with Gasteiger partial charge in [-0.3, -0.25) is 0 Å². The molecule has 1 N–H and O–H groups in total. The minimum absolute atomic E-state index is 0.123. The van der Waals surface area contributed by atoms with E-state index >= 15 is 0 Å². The highest BCUT2D eigenvalue weighted by atomic mass is 35.5. The van der Waals surface area contributed by atoms with E-state index in [1.54, 1.807) is 18.4 Å². The van der Waals surface area contributed by atoms with Crippen LogP contribution in [0.2, 0.25) is 5.02 Å². The number of aryl methyl sites for hydroxylation is 1.